The summed E-state index contributed by atoms with van der Waals surface area (Å²) in [6.45, 7) is 0. The number of fused-ring (bicyclic) bond motifs is 1. The fraction of sp³-hybridized carbons (Fsp3) is 0.0385. The van der Waals surface area contributed by atoms with Crippen molar-refractivity contribution < 1.29 is 14.3 Å². The second kappa shape index (κ2) is 11.2. The summed E-state index contributed by atoms with van der Waals surface area (Å²) in [4.78, 5) is 12.8. The second-order valence-electron chi connectivity index (χ2n) is 7.26. The molecule has 0 aliphatic carbocycles. The molecule has 0 aromatic heterocycles. The molecule has 9 heteroatoms. The van der Waals surface area contributed by atoms with Gasteiger partial charge in [0.25, 0.3) is 0 Å². The van der Waals surface area contributed by atoms with Gasteiger partial charge in [-0.3, -0.25) is 5.43 Å². The number of carbonyl (C=O) groups excluding carboxylic acids is 1. The lowest BCUT2D eigenvalue weighted by molar-refractivity contribution is 0.0735. The molecule has 4 aromatic carbocycles. The van der Waals surface area contributed by atoms with Crippen molar-refractivity contribution in [3.8, 4) is 11.5 Å². The number of thiocarbonyl (C=S) groups is 1. The topological polar surface area (TPSA) is 71.9 Å². The van der Waals surface area contributed by atoms with Gasteiger partial charge in [0.05, 0.1) is 23.9 Å². The normalized spacial score (nSPS) is 10.8. The molecular formula is C26H19Cl2N3O3S. The first-order chi connectivity index (χ1) is 16.9. The zero-order valence-corrected chi connectivity index (χ0v) is 20.7. The Morgan fingerprint density at radius 1 is 1.00 bits per heavy atom. The number of esters is 1. The molecule has 6 nitrogen and oxygen atoms in total. The Morgan fingerprint density at radius 2 is 1.77 bits per heavy atom. The van der Waals surface area contributed by atoms with Gasteiger partial charge in [0.1, 0.15) is 11.5 Å². The zero-order chi connectivity index (χ0) is 24.8. The van der Waals surface area contributed by atoms with E-state index in [1.165, 1.54) is 12.1 Å². The molecule has 0 fully saturated rings. The maximum absolute atomic E-state index is 12.8. The number of benzene rings is 4. The van der Waals surface area contributed by atoms with Crippen LogP contribution in [0.2, 0.25) is 10.0 Å². The van der Waals surface area contributed by atoms with Crippen LogP contribution in [-0.2, 0) is 0 Å². The summed E-state index contributed by atoms with van der Waals surface area (Å²) < 4.78 is 10.8. The van der Waals surface area contributed by atoms with E-state index in [-0.39, 0.29) is 15.7 Å². The molecule has 0 bridgehead atoms. The van der Waals surface area contributed by atoms with Crippen LogP contribution in [0.5, 0.6) is 11.5 Å². The van der Waals surface area contributed by atoms with E-state index in [0.717, 1.165) is 22.2 Å². The number of rotatable bonds is 6. The summed E-state index contributed by atoms with van der Waals surface area (Å²) in [5.41, 5.74) is 4.36. The van der Waals surface area contributed by atoms with Gasteiger partial charge in [0.15, 0.2) is 5.11 Å². The monoisotopic (exact) mass is 523 g/mol. The van der Waals surface area contributed by atoms with Crippen molar-refractivity contribution in [3.05, 3.63) is 100 Å². The van der Waals surface area contributed by atoms with Crippen molar-refractivity contribution in [1.29, 1.82) is 0 Å². The van der Waals surface area contributed by atoms with Crippen LogP contribution < -0.4 is 20.2 Å². The number of carbonyl (C=O) groups is 1. The van der Waals surface area contributed by atoms with Crippen LogP contribution in [0.15, 0.2) is 84.0 Å². The highest BCUT2D eigenvalue weighted by atomic mass is 35.5. The number of anilines is 1. The van der Waals surface area contributed by atoms with Crippen LogP contribution in [0.25, 0.3) is 10.8 Å². The smallest absolute Gasteiger partial charge is 0.345 e. The molecule has 0 heterocycles. The third kappa shape index (κ3) is 6.08. The SMILES string of the molecule is COc1ccc(NC(=S)N/N=C/c2c(OC(=O)c3ccc(Cl)cc3Cl)ccc3ccccc23)cc1. The van der Waals surface area contributed by atoms with Crippen LogP contribution in [0.1, 0.15) is 15.9 Å². The fourth-order valence-electron chi connectivity index (χ4n) is 3.30. The van der Waals surface area contributed by atoms with Gasteiger partial charge in [0, 0.05) is 16.3 Å². The Labute approximate surface area is 217 Å². The Kier molecular flexibility index (Phi) is 7.82. The van der Waals surface area contributed by atoms with Crippen molar-refractivity contribution >= 4 is 69.2 Å². The van der Waals surface area contributed by atoms with Crippen LogP contribution in [0.3, 0.4) is 0 Å². The van der Waals surface area contributed by atoms with Crippen LogP contribution >= 0.6 is 35.4 Å². The number of hydrogen-bond donors (Lipinski definition) is 2. The van der Waals surface area contributed by atoms with Gasteiger partial charge in [-0.1, -0.05) is 53.5 Å². The van der Waals surface area contributed by atoms with E-state index in [2.05, 4.69) is 15.8 Å². The van der Waals surface area contributed by atoms with Crippen molar-refractivity contribution in [2.45, 2.75) is 0 Å². The van der Waals surface area contributed by atoms with E-state index in [4.69, 9.17) is 44.9 Å². The molecular weight excluding hydrogens is 505 g/mol. The van der Waals surface area contributed by atoms with E-state index in [1.807, 2.05) is 54.6 Å². The number of hydrogen-bond acceptors (Lipinski definition) is 5. The van der Waals surface area contributed by atoms with Crippen molar-refractivity contribution in [1.82, 2.24) is 5.43 Å². The minimum absolute atomic E-state index is 0.204. The molecule has 0 aliphatic heterocycles. The number of methoxy groups -OCH3 is 1. The Balaban J connectivity index is 1.55. The maximum atomic E-state index is 12.8. The van der Waals surface area contributed by atoms with Crippen LogP contribution in [0.4, 0.5) is 5.69 Å². The lowest BCUT2D eigenvalue weighted by atomic mass is 10.0. The molecule has 176 valence electrons. The van der Waals surface area contributed by atoms with Gasteiger partial charge in [0.2, 0.25) is 0 Å². The quantitative estimate of drug-likeness (QED) is 0.0963. The second-order valence-corrected chi connectivity index (χ2v) is 8.52. The third-order valence-electron chi connectivity index (χ3n) is 4.99. The number of ether oxygens (including phenoxy) is 2. The van der Waals surface area contributed by atoms with E-state index in [1.54, 1.807) is 25.5 Å². The molecule has 0 spiro atoms. The lowest BCUT2D eigenvalue weighted by Gasteiger charge is -2.12. The van der Waals surface area contributed by atoms with Crippen LogP contribution in [0, 0.1) is 0 Å². The van der Waals surface area contributed by atoms with Gasteiger partial charge >= 0.3 is 5.97 Å². The number of hydrazone groups is 1. The minimum atomic E-state index is -0.610. The highest BCUT2D eigenvalue weighted by Gasteiger charge is 2.16. The van der Waals surface area contributed by atoms with Crippen LogP contribution in [-0.4, -0.2) is 24.4 Å². The fourth-order valence-corrected chi connectivity index (χ4v) is 3.95. The molecule has 0 radical (unpaired) electrons. The Hall–Kier alpha value is -3.65. The summed E-state index contributed by atoms with van der Waals surface area (Å²) in [7, 11) is 1.60. The minimum Gasteiger partial charge on any atom is -0.497 e. The molecule has 0 amide bonds. The predicted octanol–water partition coefficient (Wildman–Crippen LogP) is 6.69. The van der Waals surface area contributed by atoms with E-state index in [0.29, 0.717) is 16.3 Å². The van der Waals surface area contributed by atoms with E-state index >= 15 is 0 Å². The first-order valence-electron chi connectivity index (χ1n) is 10.4. The molecule has 0 aliphatic rings. The molecule has 4 rings (SSSR count). The largest absolute Gasteiger partial charge is 0.497 e. The highest BCUT2D eigenvalue weighted by molar-refractivity contribution is 7.80. The van der Waals surface area contributed by atoms with Crippen molar-refractivity contribution in [2.24, 2.45) is 5.10 Å². The molecule has 4 aromatic rings. The molecule has 2 N–H and O–H groups in total. The maximum Gasteiger partial charge on any atom is 0.345 e. The Bertz CT molecular complexity index is 1430. The first kappa shape index (κ1) is 24.5. The summed E-state index contributed by atoms with van der Waals surface area (Å²) in [6, 6.07) is 23.1. The molecule has 0 unspecified atom stereocenters. The third-order valence-corrected chi connectivity index (χ3v) is 5.73. The molecule has 0 atom stereocenters. The summed E-state index contributed by atoms with van der Waals surface area (Å²) in [6.07, 6.45) is 1.55. The van der Waals surface area contributed by atoms with E-state index < -0.39 is 5.97 Å². The zero-order valence-electron chi connectivity index (χ0n) is 18.4. The highest BCUT2D eigenvalue weighted by Crippen LogP contribution is 2.29. The van der Waals surface area contributed by atoms with Crippen molar-refractivity contribution in [2.75, 3.05) is 12.4 Å². The molecule has 0 saturated carbocycles. The molecule has 35 heavy (non-hydrogen) atoms. The summed E-state index contributed by atoms with van der Waals surface area (Å²) in [5.74, 6) is 0.450. The van der Waals surface area contributed by atoms with Crippen molar-refractivity contribution in [3.63, 3.8) is 0 Å². The average molecular weight is 524 g/mol. The molecule has 0 saturated heterocycles. The lowest BCUT2D eigenvalue weighted by Crippen LogP contribution is -2.23. The van der Waals surface area contributed by atoms with Gasteiger partial charge in [-0.2, -0.15) is 5.10 Å². The van der Waals surface area contributed by atoms with Gasteiger partial charge in [-0.15, -0.1) is 0 Å². The number of nitrogens with zero attached hydrogens (tertiary/aromatic N) is 1. The van der Waals surface area contributed by atoms with Gasteiger partial charge in [-0.05, 0) is 71.5 Å². The standard InChI is InChI=1S/C26H19Cl2N3O3S/c1-33-19-10-8-18(9-11-19)30-26(35)31-29-15-22-20-5-3-2-4-16(20)6-13-24(22)34-25(32)21-12-7-17(27)14-23(21)28/h2-15H,1H3,(H2,30,31,35)/b29-15+. The number of halogens is 2. The summed E-state index contributed by atoms with van der Waals surface area (Å²) >= 11 is 17.4. The predicted molar refractivity (Wildman–Crippen MR) is 145 cm³/mol. The Morgan fingerprint density at radius 3 is 2.51 bits per heavy atom. The summed E-state index contributed by atoms with van der Waals surface area (Å²) in [5, 5.41) is 10.0. The van der Waals surface area contributed by atoms with Gasteiger partial charge < -0.3 is 14.8 Å². The van der Waals surface area contributed by atoms with E-state index in [9.17, 15) is 4.79 Å². The first-order valence-corrected chi connectivity index (χ1v) is 11.5. The average Bonchev–Trinajstić information content (AvgIpc) is 2.85. The van der Waals surface area contributed by atoms with Gasteiger partial charge in [-0.25, -0.2) is 4.79 Å². The number of nitrogens with one attached hydrogen (secondary N) is 2.